The van der Waals surface area contributed by atoms with Crippen molar-refractivity contribution in [2.24, 2.45) is 0 Å². The molecule has 5 rings (SSSR count). The molecule has 0 radical (unpaired) electrons. The number of imidazole rings is 1. The average Bonchev–Trinajstić information content (AvgIpc) is 3.37. The van der Waals surface area contributed by atoms with Gasteiger partial charge in [-0.05, 0) is 60.7 Å². The Morgan fingerprint density at radius 1 is 1.07 bits per heavy atom. The van der Waals surface area contributed by atoms with Crippen LogP contribution in [-0.4, -0.2) is 25.1 Å². The van der Waals surface area contributed by atoms with E-state index < -0.39 is 0 Å². The molecule has 30 heavy (non-hydrogen) atoms. The number of nitrogens with zero attached hydrogens (tertiary/aromatic N) is 3. The van der Waals surface area contributed by atoms with Crippen LogP contribution in [0.15, 0.2) is 48.8 Å². The number of hydrogen-bond acceptors (Lipinski definition) is 3. The Hall–Kier alpha value is -3.18. The first-order valence-corrected chi connectivity index (χ1v) is 10.6. The van der Waals surface area contributed by atoms with E-state index in [0.29, 0.717) is 10.8 Å². The number of H-pyrrole nitrogens is 2. The van der Waals surface area contributed by atoms with Crippen molar-refractivity contribution in [2.75, 3.05) is 0 Å². The molecule has 0 atom stereocenters. The van der Waals surface area contributed by atoms with Gasteiger partial charge in [0.05, 0.1) is 16.1 Å². The first kappa shape index (κ1) is 18.8. The molecule has 0 spiro atoms. The minimum atomic E-state index is 0.626. The summed E-state index contributed by atoms with van der Waals surface area (Å²) in [6.07, 6.45) is 7.35. The van der Waals surface area contributed by atoms with Gasteiger partial charge in [0, 0.05) is 23.3 Å². The van der Waals surface area contributed by atoms with Crippen LogP contribution in [0.1, 0.15) is 30.9 Å². The van der Waals surface area contributed by atoms with E-state index in [2.05, 4.69) is 52.2 Å². The number of rotatable bonds is 5. The van der Waals surface area contributed by atoms with Crippen LogP contribution in [0, 0.1) is 6.92 Å². The molecule has 0 saturated carbocycles. The third-order valence-electron chi connectivity index (χ3n) is 5.68. The van der Waals surface area contributed by atoms with Crippen LogP contribution < -0.4 is 0 Å². The summed E-state index contributed by atoms with van der Waals surface area (Å²) >= 11 is 6.31. The monoisotopic (exact) mass is 415 g/mol. The van der Waals surface area contributed by atoms with Gasteiger partial charge in [-0.15, -0.1) is 0 Å². The summed E-state index contributed by atoms with van der Waals surface area (Å²) in [5.74, 6) is 0.702. The first-order chi connectivity index (χ1) is 14.7. The largest absolute Gasteiger partial charge is 0.337 e. The Balaban J connectivity index is 1.62. The maximum absolute atomic E-state index is 6.31. The molecular weight excluding hydrogens is 394 g/mol. The second-order valence-corrected chi connectivity index (χ2v) is 8.04. The Kier molecular flexibility index (Phi) is 4.75. The predicted octanol–water partition coefficient (Wildman–Crippen LogP) is 6.47. The fourth-order valence-corrected chi connectivity index (χ4v) is 4.17. The lowest BCUT2D eigenvalue weighted by Crippen LogP contribution is -1.95. The van der Waals surface area contributed by atoms with Crippen molar-refractivity contribution in [2.45, 2.75) is 33.1 Å². The molecular formula is C24H22ClN5. The lowest BCUT2D eigenvalue weighted by Gasteiger charge is -2.11. The van der Waals surface area contributed by atoms with Crippen molar-refractivity contribution >= 4 is 33.5 Å². The van der Waals surface area contributed by atoms with Gasteiger partial charge in [-0.1, -0.05) is 37.1 Å². The van der Waals surface area contributed by atoms with Crippen molar-refractivity contribution in [3.8, 4) is 22.6 Å². The van der Waals surface area contributed by atoms with Crippen LogP contribution in [0.5, 0.6) is 0 Å². The van der Waals surface area contributed by atoms with Crippen molar-refractivity contribution in [1.29, 1.82) is 0 Å². The van der Waals surface area contributed by atoms with E-state index in [4.69, 9.17) is 16.6 Å². The number of fused-ring (bicyclic) bond motifs is 2. The SMILES string of the molecule is CCCCc1cncc(-c2ccc3[nH]nc(-c4nc5c(Cl)cccc5[nH]4)c3c2)c1C. The molecule has 150 valence electrons. The van der Waals surface area contributed by atoms with E-state index in [1.807, 2.05) is 30.6 Å². The number of benzene rings is 2. The highest BCUT2D eigenvalue weighted by Crippen LogP contribution is 2.33. The van der Waals surface area contributed by atoms with Gasteiger partial charge in [0.15, 0.2) is 5.82 Å². The molecule has 6 heteroatoms. The van der Waals surface area contributed by atoms with Crippen molar-refractivity contribution in [3.63, 3.8) is 0 Å². The van der Waals surface area contributed by atoms with Gasteiger partial charge in [-0.2, -0.15) is 5.10 Å². The molecule has 5 nitrogen and oxygen atoms in total. The fourth-order valence-electron chi connectivity index (χ4n) is 3.95. The summed E-state index contributed by atoms with van der Waals surface area (Å²) in [4.78, 5) is 12.5. The minimum Gasteiger partial charge on any atom is -0.337 e. The van der Waals surface area contributed by atoms with Crippen LogP contribution >= 0.6 is 11.6 Å². The summed E-state index contributed by atoms with van der Waals surface area (Å²) in [5, 5.41) is 9.29. The third kappa shape index (κ3) is 3.15. The van der Waals surface area contributed by atoms with E-state index >= 15 is 0 Å². The summed E-state index contributed by atoms with van der Waals surface area (Å²) in [5.41, 5.74) is 8.29. The van der Waals surface area contributed by atoms with Gasteiger partial charge >= 0.3 is 0 Å². The lowest BCUT2D eigenvalue weighted by molar-refractivity contribution is 0.788. The topological polar surface area (TPSA) is 70.2 Å². The van der Waals surface area contributed by atoms with Crippen LogP contribution in [0.2, 0.25) is 5.02 Å². The molecule has 3 heterocycles. The molecule has 2 N–H and O–H groups in total. The van der Waals surface area contributed by atoms with Crippen LogP contribution in [0.3, 0.4) is 0 Å². The highest BCUT2D eigenvalue weighted by Gasteiger charge is 2.15. The number of aromatic nitrogens is 5. The van der Waals surface area contributed by atoms with Crippen molar-refractivity contribution < 1.29 is 0 Å². The average molecular weight is 416 g/mol. The molecule has 0 saturated heterocycles. The molecule has 3 aromatic heterocycles. The van der Waals surface area contributed by atoms with Gasteiger partial charge in [0.2, 0.25) is 0 Å². The molecule has 0 aliphatic rings. The van der Waals surface area contributed by atoms with Crippen molar-refractivity contribution in [1.82, 2.24) is 25.1 Å². The lowest BCUT2D eigenvalue weighted by atomic mass is 9.96. The van der Waals surface area contributed by atoms with Gasteiger partial charge in [0.25, 0.3) is 0 Å². The van der Waals surface area contributed by atoms with E-state index in [-0.39, 0.29) is 0 Å². The standard InChI is InChI=1S/C24H22ClN5/c1-3-4-6-16-12-26-13-18(14(16)2)15-9-10-20-17(11-15)22(30-29-20)24-27-21-8-5-7-19(25)23(21)28-24/h5,7-13H,3-4,6H2,1-2H3,(H,27,28)(H,29,30). The first-order valence-electron chi connectivity index (χ1n) is 10.2. The number of aryl methyl sites for hydroxylation is 1. The second-order valence-electron chi connectivity index (χ2n) is 7.63. The van der Waals surface area contributed by atoms with Crippen LogP contribution in [-0.2, 0) is 6.42 Å². The van der Waals surface area contributed by atoms with E-state index in [0.717, 1.165) is 45.2 Å². The normalized spacial score (nSPS) is 11.6. The van der Waals surface area contributed by atoms with Gasteiger partial charge in [-0.3, -0.25) is 10.1 Å². The van der Waals surface area contributed by atoms with E-state index in [1.165, 1.54) is 24.0 Å². The molecule has 5 aromatic rings. The maximum Gasteiger partial charge on any atom is 0.159 e. The van der Waals surface area contributed by atoms with Crippen LogP contribution in [0.4, 0.5) is 0 Å². The maximum atomic E-state index is 6.31. The highest BCUT2D eigenvalue weighted by atomic mass is 35.5. The van der Waals surface area contributed by atoms with Gasteiger partial charge in [-0.25, -0.2) is 4.98 Å². The van der Waals surface area contributed by atoms with Gasteiger partial charge < -0.3 is 4.98 Å². The number of nitrogens with one attached hydrogen (secondary N) is 2. The number of para-hydroxylation sites is 1. The Morgan fingerprint density at radius 2 is 1.97 bits per heavy atom. The quantitative estimate of drug-likeness (QED) is 0.345. The smallest absolute Gasteiger partial charge is 0.159 e. The Labute approximate surface area is 179 Å². The summed E-state index contributed by atoms with van der Waals surface area (Å²) < 4.78 is 0. The number of aromatic amines is 2. The minimum absolute atomic E-state index is 0.626. The fraction of sp³-hybridized carbons (Fsp3) is 0.208. The molecule has 2 aromatic carbocycles. The van der Waals surface area contributed by atoms with Gasteiger partial charge in [0.1, 0.15) is 11.2 Å². The highest BCUT2D eigenvalue weighted by molar-refractivity contribution is 6.35. The number of pyridine rings is 1. The molecule has 0 aliphatic carbocycles. The molecule has 0 bridgehead atoms. The third-order valence-corrected chi connectivity index (χ3v) is 5.99. The Bertz CT molecular complexity index is 1370. The predicted molar refractivity (Wildman–Crippen MR) is 123 cm³/mol. The molecule has 0 unspecified atom stereocenters. The zero-order valence-electron chi connectivity index (χ0n) is 17.0. The van der Waals surface area contributed by atoms with Crippen LogP contribution in [0.25, 0.3) is 44.6 Å². The number of halogens is 1. The number of hydrogen-bond donors (Lipinski definition) is 2. The molecule has 0 fully saturated rings. The summed E-state index contributed by atoms with van der Waals surface area (Å²) in [6.45, 7) is 4.40. The summed E-state index contributed by atoms with van der Waals surface area (Å²) in [6, 6.07) is 12.1. The van der Waals surface area contributed by atoms with E-state index in [1.54, 1.807) is 0 Å². The summed E-state index contributed by atoms with van der Waals surface area (Å²) in [7, 11) is 0. The van der Waals surface area contributed by atoms with E-state index in [9.17, 15) is 0 Å². The zero-order valence-corrected chi connectivity index (χ0v) is 17.7. The Morgan fingerprint density at radius 3 is 2.80 bits per heavy atom. The molecule has 0 amide bonds. The molecule has 0 aliphatic heterocycles. The second kappa shape index (κ2) is 7.58. The van der Waals surface area contributed by atoms with Crippen molar-refractivity contribution in [3.05, 3.63) is 64.9 Å². The zero-order chi connectivity index (χ0) is 20.7. The number of unbranched alkanes of at least 4 members (excludes halogenated alkanes) is 1.